The lowest BCUT2D eigenvalue weighted by atomic mass is 11.2. The molecule has 0 radical (unpaired) electrons. The summed E-state index contributed by atoms with van der Waals surface area (Å²) >= 11 is 4.61. The van der Waals surface area contributed by atoms with Crippen molar-refractivity contribution in [3.8, 4) is 0 Å². The Morgan fingerprint density at radius 1 is 1.50 bits per heavy atom. The topological polar surface area (TPSA) is 130 Å². The summed E-state index contributed by atoms with van der Waals surface area (Å²) in [6.45, 7) is 0. The number of rotatable bonds is 0. The van der Waals surface area contributed by atoms with E-state index in [0.717, 1.165) is 0 Å². The predicted octanol–water partition coefficient (Wildman–Crippen LogP) is -0.844. The van der Waals surface area contributed by atoms with Gasteiger partial charge in [-0.15, -0.1) is 0 Å². The van der Waals surface area contributed by atoms with E-state index in [9.17, 15) is 4.79 Å². The van der Waals surface area contributed by atoms with Gasteiger partial charge in [-0.2, -0.15) is 8.42 Å². The number of carbonyl (C=O) groups is 1. The molecule has 62 valence electrons. The number of amides is 2. The molecule has 7 nitrogen and oxygen atoms in total. The molecular weight excluding hydrogens is 188 g/mol. The highest BCUT2D eigenvalue weighted by Crippen LogP contribution is 1.59. The van der Waals surface area contributed by atoms with Crippen molar-refractivity contribution < 1.29 is 22.3 Å². The van der Waals surface area contributed by atoms with Crippen LogP contribution in [0.3, 0.4) is 0 Å². The first-order chi connectivity index (χ1) is 4.27. The average Bonchev–Trinajstić information content (AvgIpc) is 1.61. The Labute approximate surface area is 61.8 Å². The van der Waals surface area contributed by atoms with E-state index in [1.165, 1.54) is 0 Å². The molecule has 0 aliphatic rings. The van der Waals surface area contributed by atoms with Crippen LogP contribution in [-0.4, -0.2) is 23.6 Å². The fourth-order valence-electron chi connectivity index (χ4n) is 0. The molecule has 0 rings (SSSR count). The van der Waals surface area contributed by atoms with Gasteiger partial charge in [0.1, 0.15) is 0 Å². The van der Waals surface area contributed by atoms with Gasteiger partial charge < -0.3 is 5.73 Å². The van der Waals surface area contributed by atoms with Crippen molar-refractivity contribution in [2.24, 2.45) is 5.73 Å². The normalized spacial score (nSPS) is 9.10. The molecule has 0 aliphatic carbocycles. The largest absolute Gasteiger partial charge is 0.394 e. The summed E-state index contributed by atoms with van der Waals surface area (Å²) in [6, 6.07) is -0.730. The number of urea groups is 1. The van der Waals surface area contributed by atoms with Crippen molar-refractivity contribution >= 4 is 28.2 Å². The van der Waals surface area contributed by atoms with Gasteiger partial charge in [0, 0.05) is 11.8 Å². The zero-order valence-electron chi connectivity index (χ0n) is 4.48. The SMILES string of the molecule is NC(=O)NCl.O=S(=O)(O)O. The van der Waals surface area contributed by atoms with Crippen LogP contribution in [0.2, 0.25) is 0 Å². The Morgan fingerprint density at radius 2 is 1.60 bits per heavy atom. The molecule has 5 N–H and O–H groups in total. The summed E-state index contributed by atoms with van der Waals surface area (Å²) in [5.74, 6) is 0. The standard InChI is InChI=1S/CH3ClN2O.H2O4S/c2-4-1(3)5;1-5(2,3)4/h(H3,3,4,5);(H2,1,2,3,4). The van der Waals surface area contributed by atoms with Gasteiger partial charge in [-0.1, -0.05) is 0 Å². The van der Waals surface area contributed by atoms with E-state index in [-0.39, 0.29) is 0 Å². The summed E-state index contributed by atoms with van der Waals surface area (Å²) < 4.78 is 31.6. The Bertz CT molecular complexity index is 178. The van der Waals surface area contributed by atoms with Crippen LogP contribution < -0.4 is 10.6 Å². The molecule has 0 heterocycles. The van der Waals surface area contributed by atoms with E-state index >= 15 is 0 Å². The third-order valence-corrected chi connectivity index (χ3v) is 0.279. The summed E-state index contributed by atoms with van der Waals surface area (Å²) in [5, 5.41) is 0. The fourth-order valence-corrected chi connectivity index (χ4v) is 0. The van der Waals surface area contributed by atoms with Crippen LogP contribution in [0.4, 0.5) is 4.79 Å². The quantitative estimate of drug-likeness (QED) is 0.294. The van der Waals surface area contributed by atoms with Crippen molar-refractivity contribution in [3.63, 3.8) is 0 Å². The van der Waals surface area contributed by atoms with Crippen molar-refractivity contribution in [2.75, 3.05) is 0 Å². The lowest BCUT2D eigenvalue weighted by molar-refractivity contribution is 0.254. The maximum absolute atomic E-state index is 9.35. The number of nitrogens with two attached hydrogens (primary N) is 1. The minimum atomic E-state index is -4.67. The van der Waals surface area contributed by atoms with Crippen LogP contribution in [0, 0.1) is 0 Å². The third kappa shape index (κ3) is 150. The molecular formula is CH5ClN2O5S. The molecule has 0 aromatic carbocycles. The summed E-state index contributed by atoms with van der Waals surface area (Å²) in [5.41, 5.74) is 4.41. The monoisotopic (exact) mass is 192 g/mol. The van der Waals surface area contributed by atoms with E-state index in [1.807, 2.05) is 0 Å². The Hall–Kier alpha value is -0.570. The van der Waals surface area contributed by atoms with Gasteiger partial charge in [-0.05, 0) is 0 Å². The molecule has 10 heavy (non-hydrogen) atoms. The van der Waals surface area contributed by atoms with Gasteiger partial charge in [0.15, 0.2) is 0 Å². The minimum Gasteiger partial charge on any atom is -0.351 e. The van der Waals surface area contributed by atoms with Gasteiger partial charge >= 0.3 is 16.4 Å². The van der Waals surface area contributed by atoms with Gasteiger partial charge in [0.2, 0.25) is 0 Å². The Kier molecular flexibility index (Phi) is 6.35. The highest BCUT2D eigenvalue weighted by molar-refractivity contribution is 7.79. The minimum absolute atomic E-state index is 0.730. The first-order valence-electron chi connectivity index (χ1n) is 1.63. The summed E-state index contributed by atoms with van der Waals surface area (Å²) in [7, 11) is -4.67. The van der Waals surface area contributed by atoms with Crippen LogP contribution in [0.25, 0.3) is 0 Å². The van der Waals surface area contributed by atoms with Gasteiger partial charge in [0.05, 0.1) is 0 Å². The van der Waals surface area contributed by atoms with Gasteiger partial charge in [-0.3, -0.25) is 13.9 Å². The number of carbonyl (C=O) groups excluding carboxylic acids is 1. The summed E-state index contributed by atoms with van der Waals surface area (Å²) in [6.07, 6.45) is 0. The molecule has 0 saturated heterocycles. The average molecular weight is 193 g/mol. The second kappa shape index (κ2) is 5.23. The molecule has 0 unspecified atom stereocenters. The van der Waals surface area contributed by atoms with E-state index in [1.54, 1.807) is 4.84 Å². The molecule has 0 saturated carbocycles. The zero-order valence-corrected chi connectivity index (χ0v) is 6.06. The molecule has 0 aliphatic heterocycles. The summed E-state index contributed by atoms with van der Waals surface area (Å²) in [4.78, 5) is 11.0. The van der Waals surface area contributed by atoms with Crippen LogP contribution in [-0.2, 0) is 10.4 Å². The molecule has 0 bridgehead atoms. The Balaban J connectivity index is 0. The lowest BCUT2D eigenvalue weighted by Crippen LogP contribution is -2.19. The fraction of sp³-hybridized carbons (Fsp3) is 0. The molecule has 0 spiro atoms. The molecule has 2 amide bonds. The smallest absolute Gasteiger partial charge is 0.351 e. The number of primary amides is 1. The first-order valence-corrected chi connectivity index (χ1v) is 3.41. The molecule has 0 aromatic heterocycles. The second-order valence-corrected chi connectivity index (χ2v) is 1.99. The maximum Gasteiger partial charge on any atom is 0.394 e. The molecule has 0 fully saturated rings. The number of nitrogens with one attached hydrogen (secondary N) is 1. The van der Waals surface area contributed by atoms with E-state index in [0.29, 0.717) is 0 Å². The Morgan fingerprint density at radius 3 is 1.60 bits per heavy atom. The van der Waals surface area contributed by atoms with Crippen LogP contribution in [0.1, 0.15) is 0 Å². The van der Waals surface area contributed by atoms with E-state index in [4.69, 9.17) is 17.5 Å². The van der Waals surface area contributed by atoms with Crippen molar-refractivity contribution in [1.82, 2.24) is 4.84 Å². The number of hydrogen-bond acceptors (Lipinski definition) is 3. The van der Waals surface area contributed by atoms with E-state index in [2.05, 4.69) is 17.5 Å². The molecule has 0 aromatic rings. The maximum atomic E-state index is 9.35. The second-order valence-electron chi connectivity index (χ2n) is 0.907. The predicted molar refractivity (Wildman–Crippen MR) is 32.7 cm³/mol. The lowest BCUT2D eigenvalue weighted by Gasteiger charge is -1.76. The first kappa shape index (κ1) is 12.1. The number of hydrogen-bond donors (Lipinski definition) is 4. The van der Waals surface area contributed by atoms with Crippen LogP contribution in [0.5, 0.6) is 0 Å². The highest BCUT2D eigenvalue weighted by atomic mass is 35.5. The van der Waals surface area contributed by atoms with Crippen molar-refractivity contribution in [2.45, 2.75) is 0 Å². The number of halogens is 1. The van der Waals surface area contributed by atoms with Gasteiger partial charge in [0.25, 0.3) is 0 Å². The van der Waals surface area contributed by atoms with Crippen molar-refractivity contribution in [3.05, 3.63) is 0 Å². The highest BCUT2D eigenvalue weighted by Gasteiger charge is 1.84. The van der Waals surface area contributed by atoms with Crippen LogP contribution in [0.15, 0.2) is 0 Å². The van der Waals surface area contributed by atoms with Crippen molar-refractivity contribution in [1.29, 1.82) is 0 Å². The third-order valence-electron chi connectivity index (χ3n) is 0.0931. The van der Waals surface area contributed by atoms with Gasteiger partial charge in [-0.25, -0.2) is 4.79 Å². The van der Waals surface area contributed by atoms with Crippen LogP contribution >= 0.6 is 11.8 Å². The van der Waals surface area contributed by atoms with E-state index < -0.39 is 16.4 Å². The zero-order chi connectivity index (χ0) is 8.78. The molecule has 9 heteroatoms. The molecule has 0 atom stereocenters.